The molecule has 4 rings (SSSR count). The Kier molecular flexibility index (Phi) is 8.33. The molecular formula is C26H30N2O7S2. The number of sulfone groups is 1. The molecule has 1 N–H and O–H groups in total. The number of hydrogen-bond acceptors (Lipinski definition) is 9. The summed E-state index contributed by atoms with van der Waals surface area (Å²) in [5.74, 6) is 2.45. The van der Waals surface area contributed by atoms with Crippen molar-refractivity contribution in [2.75, 3.05) is 51.0 Å². The number of carbonyl (C=O) groups excluding carboxylic acids is 1. The lowest BCUT2D eigenvalue weighted by molar-refractivity contribution is -0.113. The van der Waals surface area contributed by atoms with E-state index in [0.717, 1.165) is 22.0 Å². The van der Waals surface area contributed by atoms with Gasteiger partial charge in [0, 0.05) is 35.0 Å². The van der Waals surface area contributed by atoms with Crippen molar-refractivity contribution in [2.24, 2.45) is 0 Å². The highest BCUT2D eigenvalue weighted by Crippen LogP contribution is 2.37. The van der Waals surface area contributed by atoms with Crippen LogP contribution in [0.25, 0.3) is 10.8 Å². The Balaban J connectivity index is 1.63. The zero-order chi connectivity index (χ0) is 26.6. The van der Waals surface area contributed by atoms with Crippen LogP contribution in [0.15, 0.2) is 36.5 Å². The van der Waals surface area contributed by atoms with Gasteiger partial charge >= 0.3 is 0 Å². The van der Waals surface area contributed by atoms with Crippen molar-refractivity contribution in [3.63, 3.8) is 0 Å². The van der Waals surface area contributed by atoms with Crippen LogP contribution in [0.2, 0.25) is 0 Å². The fourth-order valence-corrected chi connectivity index (χ4v) is 7.78. The summed E-state index contributed by atoms with van der Waals surface area (Å²) in [6, 6.07) is 9.25. The number of amides is 1. The van der Waals surface area contributed by atoms with Crippen molar-refractivity contribution >= 4 is 44.0 Å². The molecule has 1 fully saturated rings. The maximum atomic E-state index is 12.9. The molecule has 0 aliphatic carbocycles. The van der Waals surface area contributed by atoms with Gasteiger partial charge in [-0.15, -0.1) is 11.8 Å². The molecule has 2 heterocycles. The van der Waals surface area contributed by atoms with E-state index < -0.39 is 9.84 Å². The zero-order valence-electron chi connectivity index (χ0n) is 21.2. The van der Waals surface area contributed by atoms with Gasteiger partial charge in [-0.25, -0.2) is 8.42 Å². The topological polar surface area (TPSA) is 113 Å². The molecular weight excluding hydrogens is 516 g/mol. The van der Waals surface area contributed by atoms with E-state index in [1.165, 1.54) is 18.9 Å². The van der Waals surface area contributed by atoms with Crippen LogP contribution in [0.3, 0.4) is 0 Å². The van der Waals surface area contributed by atoms with Crippen molar-refractivity contribution in [3.8, 4) is 23.0 Å². The number of rotatable bonds is 10. The molecule has 1 amide bonds. The second kappa shape index (κ2) is 11.5. The Labute approximate surface area is 220 Å². The molecule has 9 nitrogen and oxygen atoms in total. The molecule has 0 unspecified atom stereocenters. The van der Waals surface area contributed by atoms with Gasteiger partial charge in [0.2, 0.25) is 5.91 Å². The first-order valence-electron chi connectivity index (χ1n) is 11.6. The quantitative estimate of drug-likeness (QED) is 0.406. The number of ether oxygens (including phenoxy) is 4. The maximum absolute atomic E-state index is 12.9. The minimum absolute atomic E-state index is 0.0625. The van der Waals surface area contributed by atoms with Crippen molar-refractivity contribution < 1.29 is 32.2 Å². The van der Waals surface area contributed by atoms with E-state index in [-0.39, 0.29) is 28.4 Å². The molecule has 198 valence electrons. The van der Waals surface area contributed by atoms with Gasteiger partial charge in [0.15, 0.2) is 32.8 Å². The Morgan fingerprint density at radius 3 is 2.30 bits per heavy atom. The van der Waals surface area contributed by atoms with Gasteiger partial charge in [0.05, 0.1) is 51.4 Å². The number of benzene rings is 2. The van der Waals surface area contributed by atoms with Crippen LogP contribution >= 0.6 is 11.8 Å². The predicted molar refractivity (Wildman–Crippen MR) is 145 cm³/mol. The van der Waals surface area contributed by atoms with Crippen molar-refractivity contribution in [1.82, 2.24) is 4.98 Å². The number of nitrogens with one attached hydrogen (secondary N) is 1. The van der Waals surface area contributed by atoms with Crippen LogP contribution in [0, 0.1) is 0 Å². The summed E-state index contributed by atoms with van der Waals surface area (Å²) in [6.07, 6.45) is 2.70. The third-order valence-electron chi connectivity index (χ3n) is 6.23. The molecule has 3 aromatic rings. The summed E-state index contributed by atoms with van der Waals surface area (Å²) < 4.78 is 45.4. The van der Waals surface area contributed by atoms with Crippen LogP contribution in [0.5, 0.6) is 23.0 Å². The fraction of sp³-hybridized carbons (Fsp3) is 0.385. The summed E-state index contributed by atoms with van der Waals surface area (Å²) >= 11 is 1.37. The van der Waals surface area contributed by atoms with E-state index in [1.807, 2.05) is 24.3 Å². The second-order valence-electron chi connectivity index (χ2n) is 8.61. The summed E-state index contributed by atoms with van der Waals surface area (Å²) in [6.45, 7) is 0. The number of methoxy groups -OCH3 is 4. The van der Waals surface area contributed by atoms with E-state index >= 15 is 0 Å². The smallest absolute Gasteiger partial charge is 0.234 e. The monoisotopic (exact) mass is 546 g/mol. The highest BCUT2D eigenvalue weighted by Gasteiger charge is 2.28. The molecule has 0 spiro atoms. The first-order chi connectivity index (χ1) is 17.8. The molecule has 0 bridgehead atoms. The summed E-state index contributed by atoms with van der Waals surface area (Å²) in [7, 11) is 3.27. The van der Waals surface area contributed by atoms with Gasteiger partial charge in [-0.3, -0.25) is 9.78 Å². The summed E-state index contributed by atoms with van der Waals surface area (Å²) in [5, 5.41) is 4.75. The third-order valence-corrected chi connectivity index (χ3v) is 9.51. The fourth-order valence-electron chi connectivity index (χ4n) is 4.34. The third kappa shape index (κ3) is 6.22. The van der Waals surface area contributed by atoms with Gasteiger partial charge in [-0.05, 0) is 41.6 Å². The Bertz CT molecular complexity index is 1410. The molecule has 0 radical (unpaired) electrons. The number of hydrogen-bond donors (Lipinski definition) is 1. The van der Waals surface area contributed by atoms with Gasteiger partial charge in [0.1, 0.15) is 0 Å². The van der Waals surface area contributed by atoms with Crippen molar-refractivity contribution in [2.45, 2.75) is 18.1 Å². The van der Waals surface area contributed by atoms with Crippen LogP contribution in [-0.2, 0) is 21.1 Å². The molecule has 1 atom stereocenters. The lowest BCUT2D eigenvalue weighted by atomic mass is 10.0. The lowest BCUT2D eigenvalue weighted by Crippen LogP contribution is -2.18. The van der Waals surface area contributed by atoms with E-state index in [0.29, 0.717) is 41.5 Å². The van der Waals surface area contributed by atoms with Gasteiger partial charge in [-0.2, -0.15) is 0 Å². The average Bonchev–Trinajstić information content (AvgIpc) is 3.25. The first-order valence-corrected chi connectivity index (χ1v) is 14.5. The van der Waals surface area contributed by atoms with Crippen molar-refractivity contribution in [3.05, 3.63) is 47.8 Å². The molecule has 11 heteroatoms. The van der Waals surface area contributed by atoms with Crippen LogP contribution in [-0.4, -0.2) is 70.3 Å². The van der Waals surface area contributed by atoms with Crippen LogP contribution < -0.4 is 24.3 Å². The lowest BCUT2D eigenvalue weighted by Gasteiger charge is -2.17. The standard InChI is InChI=1S/C26H30N2O7S2/c1-32-22-10-16-5-7-27-21(19(16)12-24(22)34-3)9-17-11-23(33-2)25(35-4)13-20(17)28-26(29)14-36-18-6-8-37(30,31)15-18/h5,7,10-13,18H,6,8-9,14-15H2,1-4H3,(H,28,29)/t18-/m1/s1. The summed E-state index contributed by atoms with van der Waals surface area (Å²) in [5.41, 5.74) is 2.14. The first kappa shape index (κ1) is 26.9. The highest BCUT2D eigenvalue weighted by molar-refractivity contribution is 8.02. The maximum Gasteiger partial charge on any atom is 0.234 e. The minimum atomic E-state index is -2.99. The Morgan fingerprint density at radius 2 is 1.65 bits per heavy atom. The van der Waals surface area contributed by atoms with E-state index in [4.69, 9.17) is 18.9 Å². The molecule has 1 saturated heterocycles. The predicted octanol–water partition coefficient (Wildman–Crippen LogP) is 3.72. The molecule has 1 aliphatic rings. The second-order valence-corrected chi connectivity index (χ2v) is 12.1. The van der Waals surface area contributed by atoms with E-state index in [1.54, 1.807) is 33.6 Å². The molecule has 37 heavy (non-hydrogen) atoms. The number of aromatic nitrogens is 1. The number of carbonyl (C=O) groups is 1. The molecule has 2 aromatic carbocycles. The van der Waals surface area contributed by atoms with E-state index in [9.17, 15) is 13.2 Å². The normalized spacial score (nSPS) is 16.4. The highest BCUT2D eigenvalue weighted by atomic mass is 32.2. The van der Waals surface area contributed by atoms with Crippen LogP contribution in [0.1, 0.15) is 17.7 Å². The number of fused-ring (bicyclic) bond motifs is 1. The molecule has 0 saturated carbocycles. The molecule has 1 aliphatic heterocycles. The number of thioether (sulfide) groups is 1. The summed E-state index contributed by atoms with van der Waals surface area (Å²) in [4.78, 5) is 17.5. The van der Waals surface area contributed by atoms with Crippen LogP contribution in [0.4, 0.5) is 5.69 Å². The SMILES string of the molecule is COc1cc(Cc2nccc3cc(OC)c(OC)cc23)c(NC(=O)CS[C@@H]2CCS(=O)(=O)C2)cc1OC. The van der Waals surface area contributed by atoms with Gasteiger partial charge in [-0.1, -0.05) is 0 Å². The van der Waals surface area contributed by atoms with E-state index in [2.05, 4.69) is 10.3 Å². The van der Waals surface area contributed by atoms with Crippen molar-refractivity contribution in [1.29, 1.82) is 0 Å². The van der Waals surface area contributed by atoms with Gasteiger partial charge < -0.3 is 24.3 Å². The zero-order valence-corrected chi connectivity index (χ0v) is 22.8. The number of anilines is 1. The van der Waals surface area contributed by atoms with Gasteiger partial charge in [0.25, 0.3) is 0 Å². The largest absolute Gasteiger partial charge is 0.493 e. The molecule has 1 aromatic heterocycles. The minimum Gasteiger partial charge on any atom is -0.493 e. The average molecular weight is 547 g/mol. The Hall–Kier alpha value is -3.18. The number of pyridine rings is 1. The number of nitrogens with zero attached hydrogens (tertiary/aromatic N) is 1. The Morgan fingerprint density at radius 1 is 1.00 bits per heavy atom.